The third-order valence-electron chi connectivity index (χ3n) is 6.17. The Hall–Kier alpha value is -3.12. The first-order valence-corrected chi connectivity index (χ1v) is 12.2. The van der Waals surface area contributed by atoms with E-state index in [0.29, 0.717) is 31.2 Å². The van der Waals surface area contributed by atoms with Crippen LogP contribution in [0.15, 0.2) is 59.1 Å². The molecule has 2 aromatic carbocycles. The highest BCUT2D eigenvalue weighted by molar-refractivity contribution is 5.76. The number of hydrogen-bond donors (Lipinski definition) is 0. The van der Waals surface area contributed by atoms with Crippen molar-refractivity contribution >= 4 is 11.6 Å². The molecule has 0 bridgehead atoms. The van der Waals surface area contributed by atoms with Gasteiger partial charge in [-0.3, -0.25) is 4.79 Å². The molecule has 1 saturated heterocycles. The van der Waals surface area contributed by atoms with Gasteiger partial charge in [-0.05, 0) is 29.5 Å². The molecule has 0 radical (unpaired) electrons. The molecule has 3 aromatic rings. The highest BCUT2D eigenvalue weighted by Crippen LogP contribution is 2.24. The van der Waals surface area contributed by atoms with Crippen molar-refractivity contribution in [2.24, 2.45) is 5.92 Å². The predicted molar refractivity (Wildman–Crippen MR) is 135 cm³/mol. The lowest BCUT2D eigenvalue weighted by atomic mass is 10.0. The van der Waals surface area contributed by atoms with Crippen molar-refractivity contribution in [2.75, 3.05) is 38.3 Å². The Bertz CT molecular complexity index is 1070. The first kappa shape index (κ1) is 24.0. The number of rotatable bonds is 9. The number of ether oxygens (including phenoxy) is 1. The van der Waals surface area contributed by atoms with Gasteiger partial charge in [0.2, 0.25) is 5.91 Å². The van der Waals surface area contributed by atoms with E-state index < -0.39 is 0 Å². The topological polar surface area (TPSA) is 58.8 Å². The lowest BCUT2D eigenvalue weighted by molar-refractivity contribution is -0.130. The number of carbonyl (C=O) groups excluding carboxylic acids is 1. The summed E-state index contributed by atoms with van der Waals surface area (Å²) in [7, 11) is 1.86. The summed E-state index contributed by atoms with van der Waals surface area (Å²) in [5.74, 6) is 2.05. The molecule has 1 aromatic heterocycles. The number of morpholine rings is 1. The van der Waals surface area contributed by atoms with E-state index in [2.05, 4.69) is 60.1 Å². The van der Waals surface area contributed by atoms with E-state index in [1.54, 1.807) is 11.1 Å². The maximum atomic E-state index is 12.8. The number of para-hydroxylation sites is 1. The maximum Gasteiger partial charge on any atom is 0.223 e. The number of oxazole rings is 1. The van der Waals surface area contributed by atoms with Gasteiger partial charge in [-0.15, -0.1) is 0 Å². The molecule has 0 unspecified atom stereocenters. The molecule has 1 aliphatic heterocycles. The summed E-state index contributed by atoms with van der Waals surface area (Å²) in [6, 6.07) is 16.7. The van der Waals surface area contributed by atoms with Crippen LogP contribution >= 0.6 is 0 Å². The molecule has 1 amide bonds. The summed E-state index contributed by atoms with van der Waals surface area (Å²) in [6.07, 6.45) is 3.66. The van der Waals surface area contributed by atoms with E-state index in [4.69, 9.17) is 9.15 Å². The average Bonchev–Trinajstić information content (AvgIpc) is 3.32. The molecule has 4 rings (SSSR count). The molecule has 6 heteroatoms. The van der Waals surface area contributed by atoms with Gasteiger partial charge >= 0.3 is 0 Å². The minimum Gasteiger partial charge on any atom is -0.441 e. The number of anilines is 1. The van der Waals surface area contributed by atoms with Crippen molar-refractivity contribution in [3.8, 4) is 11.3 Å². The molecule has 0 atom stereocenters. The third-order valence-corrected chi connectivity index (χ3v) is 6.17. The minimum absolute atomic E-state index is 0.0783. The quantitative estimate of drug-likeness (QED) is 0.450. The third kappa shape index (κ3) is 6.26. The van der Waals surface area contributed by atoms with Crippen LogP contribution in [0, 0.1) is 5.92 Å². The van der Waals surface area contributed by atoms with Gasteiger partial charge in [-0.25, -0.2) is 4.98 Å². The van der Waals surface area contributed by atoms with Gasteiger partial charge in [0.05, 0.1) is 19.4 Å². The Morgan fingerprint density at radius 3 is 2.56 bits per heavy atom. The normalized spacial score (nSPS) is 13.9. The van der Waals surface area contributed by atoms with E-state index >= 15 is 0 Å². The minimum atomic E-state index is 0.0783. The van der Waals surface area contributed by atoms with Gasteiger partial charge in [0.15, 0.2) is 11.7 Å². The standard InChI is InChI=1S/C28H35N3O3/c1-21(2)18-22-8-10-23(11-9-22)26-19-29-27(34-26)12-13-28(32)30(3)20-24-6-4-5-7-25(24)31-14-16-33-17-15-31/h4-11,19,21H,12-18,20H2,1-3H3. The number of amides is 1. The number of nitrogens with zero attached hydrogens (tertiary/aromatic N) is 3. The lowest BCUT2D eigenvalue weighted by Crippen LogP contribution is -2.37. The highest BCUT2D eigenvalue weighted by atomic mass is 16.5. The van der Waals surface area contributed by atoms with Gasteiger partial charge in [0.25, 0.3) is 0 Å². The second-order valence-electron chi connectivity index (χ2n) is 9.39. The molecule has 0 saturated carbocycles. The molecule has 0 N–H and O–H groups in total. The van der Waals surface area contributed by atoms with Crippen molar-refractivity contribution in [3.63, 3.8) is 0 Å². The number of aromatic nitrogens is 1. The molecular weight excluding hydrogens is 426 g/mol. The van der Waals surface area contributed by atoms with Crippen molar-refractivity contribution < 1.29 is 13.9 Å². The highest BCUT2D eigenvalue weighted by Gasteiger charge is 2.18. The van der Waals surface area contributed by atoms with Gasteiger partial charge in [0, 0.05) is 50.8 Å². The summed E-state index contributed by atoms with van der Waals surface area (Å²) in [5.41, 5.74) is 4.67. The van der Waals surface area contributed by atoms with Crippen LogP contribution in [0.1, 0.15) is 37.3 Å². The van der Waals surface area contributed by atoms with Crippen LogP contribution in [0.25, 0.3) is 11.3 Å². The van der Waals surface area contributed by atoms with E-state index in [0.717, 1.165) is 49.6 Å². The molecule has 1 fully saturated rings. The number of aryl methyl sites for hydroxylation is 1. The fourth-order valence-corrected chi connectivity index (χ4v) is 4.34. The predicted octanol–water partition coefficient (Wildman–Crippen LogP) is 4.97. The summed E-state index contributed by atoms with van der Waals surface area (Å²) in [6.45, 7) is 8.25. The zero-order valence-corrected chi connectivity index (χ0v) is 20.5. The van der Waals surface area contributed by atoms with Crippen molar-refractivity contribution in [1.82, 2.24) is 9.88 Å². The summed E-state index contributed by atoms with van der Waals surface area (Å²) in [5, 5.41) is 0. The average molecular weight is 462 g/mol. The molecule has 180 valence electrons. The molecule has 6 nitrogen and oxygen atoms in total. The Morgan fingerprint density at radius 2 is 1.82 bits per heavy atom. The second-order valence-corrected chi connectivity index (χ2v) is 9.39. The summed E-state index contributed by atoms with van der Waals surface area (Å²) < 4.78 is 11.4. The number of carbonyl (C=O) groups is 1. The fourth-order valence-electron chi connectivity index (χ4n) is 4.34. The summed E-state index contributed by atoms with van der Waals surface area (Å²) in [4.78, 5) is 21.4. The smallest absolute Gasteiger partial charge is 0.223 e. The molecule has 1 aliphatic rings. The summed E-state index contributed by atoms with van der Waals surface area (Å²) >= 11 is 0. The van der Waals surface area contributed by atoms with Crippen molar-refractivity contribution in [3.05, 3.63) is 71.7 Å². The second kappa shape index (κ2) is 11.3. The zero-order chi connectivity index (χ0) is 23.9. The molecule has 34 heavy (non-hydrogen) atoms. The van der Waals surface area contributed by atoms with Gasteiger partial charge in [0.1, 0.15) is 0 Å². The van der Waals surface area contributed by atoms with E-state index in [-0.39, 0.29) is 5.91 Å². The van der Waals surface area contributed by atoms with Crippen molar-refractivity contribution in [1.29, 1.82) is 0 Å². The zero-order valence-electron chi connectivity index (χ0n) is 20.5. The first-order valence-electron chi connectivity index (χ1n) is 12.2. The maximum absolute atomic E-state index is 12.8. The van der Waals surface area contributed by atoms with Crippen molar-refractivity contribution in [2.45, 2.75) is 39.7 Å². The van der Waals surface area contributed by atoms with Gasteiger partial charge in [-0.1, -0.05) is 56.3 Å². The monoisotopic (exact) mass is 461 g/mol. The Balaban J connectivity index is 1.32. The van der Waals surface area contributed by atoms with Crippen LogP contribution in [0.5, 0.6) is 0 Å². The van der Waals surface area contributed by atoms with Crippen LogP contribution in [-0.4, -0.2) is 49.1 Å². The molecular formula is C28H35N3O3. The first-order chi connectivity index (χ1) is 16.5. The lowest BCUT2D eigenvalue weighted by Gasteiger charge is -2.31. The SMILES string of the molecule is CC(C)Cc1ccc(-c2cnc(CCC(=O)N(C)Cc3ccccc3N3CCOCC3)o2)cc1. The van der Waals surface area contributed by atoms with Crippen LogP contribution in [0.2, 0.25) is 0 Å². The van der Waals surface area contributed by atoms with Crippen LogP contribution in [0.3, 0.4) is 0 Å². The van der Waals surface area contributed by atoms with E-state index in [9.17, 15) is 4.79 Å². The number of benzene rings is 2. The molecule has 0 spiro atoms. The Kier molecular flexibility index (Phi) is 8.01. The molecule has 2 heterocycles. The largest absolute Gasteiger partial charge is 0.441 e. The van der Waals surface area contributed by atoms with Gasteiger partial charge in [-0.2, -0.15) is 0 Å². The van der Waals surface area contributed by atoms with Crippen LogP contribution in [0.4, 0.5) is 5.69 Å². The number of hydrogen-bond acceptors (Lipinski definition) is 5. The molecule has 0 aliphatic carbocycles. The van der Waals surface area contributed by atoms with Crippen LogP contribution in [-0.2, 0) is 28.9 Å². The van der Waals surface area contributed by atoms with Gasteiger partial charge < -0.3 is 19.0 Å². The fraction of sp³-hybridized carbons (Fsp3) is 0.429. The van der Waals surface area contributed by atoms with Crippen LogP contribution < -0.4 is 4.90 Å². The van der Waals surface area contributed by atoms with E-state index in [1.807, 2.05) is 19.2 Å². The Labute approximate surface area is 202 Å². The Morgan fingerprint density at radius 1 is 1.09 bits per heavy atom. The van der Waals surface area contributed by atoms with E-state index in [1.165, 1.54) is 11.3 Å².